The van der Waals surface area contributed by atoms with Gasteiger partial charge in [-0.05, 0) is 52.0 Å². The Morgan fingerprint density at radius 1 is 0.617 bits per heavy atom. The number of hydrogen-bond acceptors (Lipinski definition) is 8. The molecule has 2 N–H and O–H groups in total. The molecule has 9 heteroatoms. The number of rotatable bonds is 25. The Morgan fingerprint density at radius 2 is 1.03 bits per heavy atom. The molecule has 0 bridgehead atoms. The minimum atomic E-state index is -3.07. The summed E-state index contributed by atoms with van der Waals surface area (Å²) in [6.45, 7) is 12.1. The van der Waals surface area contributed by atoms with Gasteiger partial charge in [0, 0.05) is 6.04 Å². The molecular formula is C51H65NO7Si. The van der Waals surface area contributed by atoms with Crippen LogP contribution in [0.25, 0.3) is 0 Å². The average molecular weight is 832 g/mol. The Kier molecular flexibility index (Phi) is 18.7. The van der Waals surface area contributed by atoms with Crippen LogP contribution in [0, 0.1) is 0 Å². The molecule has 0 unspecified atom stereocenters. The van der Waals surface area contributed by atoms with Gasteiger partial charge in [-0.1, -0.05) is 186 Å². The van der Waals surface area contributed by atoms with Gasteiger partial charge >= 0.3 is 5.97 Å². The third-order valence-electron chi connectivity index (χ3n) is 10.8. The van der Waals surface area contributed by atoms with Gasteiger partial charge in [0.1, 0.15) is 24.4 Å². The molecule has 0 fully saturated rings. The predicted octanol–water partition coefficient (Wildman–Crippen LogP) is 8.39. The fourth-order valence-electron chi connectivity index (χ4n) is 7.78. The van der Waals surface area contributed by atoms with Crippen LogP contribution in [0.5, 0.6) is 0 Å². The highest BCUT2D eigenvalue weighted by Gasteiger charge is 2.51. The quantitative estimate of drug-likeness (QED) is 0.0344. The molecule has 60 heavy (non-hydrogen) atoms. The second kappa shape index (κ2) is 24.1. The van der Waals surface area contributed by atoms with Crippen LogP contribution in [0.2, 0.25) is 5.04 Å². The lowest BCUT2D eigenvalue weighted by atomic mass is 9.94. The van der Waals surface area contributed by atoms with E-state index in [-0.39, 0.29) is 50.5 Å². The summed E-state index contributed by atoms with van der Waals surface area (Å²) in [4.78, 5) is 13.4. The average Bonchev–Trinajstić information content (AvgIpc) is 3.27. The van der Waals surface area contributed by atoms with E-state index >= 15 is 0 Å². The first kappa shape index (κ1) is 46.6. The summed E-state index contributed by atoms with van der Waals surface area (Å²) in [7, 11) is -3.07. The van der Waals surface area contributed by atoms with E-state index in [1.165, 1.54) is 0 Å². The maximum absolute atomic E-state index is 13.4. The maximum atomic E-state index is 13.4. The van der Waals surface area contributed by atoms with Crippen molar-refractivity contribution in [3.05, 3.63) is 168 Å². The second-order valence-electron chi connectivity index (χ2n) is 16.2. The van der Waals surface area contributed by atoms with Gasteiger partial charge in [0.05, 0.1) is 39.5 Å². The standard InChI is InChI=1S/C51H65NO7Si/c1-6-8-34-52-45(35-47(54)55-7-2)48(56-36-40-24-14-9-15-25-40)50(58-38-42-28-18-11-19-29-42)49(57-37-41-26-16-10-17-27-41)46(53)39-59-60(51(3,4)5,43-30-20-12-21-31-43)44-32-22-13-23-33-44/h9-33,45-46,48-50,52-53H,6-8,34-39H2,1-5H3/t45-,46-,48+,49-,50-/m1/s1. The molecule has 5 rings (SSSR count). The Hall–Kier alpha value is -4.45. The molecule has 5 aromatic carbocycles. The van der Waals surface area contributed by atoms with E-state index in [0.717, 1.165) is 39.9 Å². The topological polar surface area (TPSA) is 95.5 Å². The lowest BCUT2D eigenvalue weighted by molar-refractivity contribution is -0.191. The maximum Gasteiger partial charge on any atom is 0.307 e. The van der Waals surface area contributed by atoms with Crippen molar-refractivity contribution in [3.8, 4) is 0 Å². The van der Waals surface area contributed by atoms with E-state index in [0.29, 0.717) is 6.54 Å². The summed E-state index contributed by atoms with van der Waals surface area (Å²) in [6, 6.07) is 50.0. The molecule has 320 valence electrons. The molecule has 5 atom stereocenters. The van der Waals surface area contributed by atoms with E-state index < -0.39 is 38.8 Å². The van der Waals surface area contributed by atoms with Gasteiger partial charge in [-0.2, -0.15) is 0 Å². The highest BCUT2D eigenvalue weighted by atomic mass is 28.4. The van der Waals surface area contributed by atoms with Crippen LogP contribution < -0.4 is 15.7 Å². The van der Waals surface area contributed by atoms with Crippen LogP contribution in [0.15, 0.2) is 152 Å². The zero-order chi connectivity index (χ0) is 42.6. The lowest BCUT2D eigenvalue weighted by Crippen LogP contribution is -2.67. The molecule has 0 amide bonds. The normalized spacial score (nSPS) is 14.5. The highest BCUT2D eigenvalue weighted by molar-refractivity contribution is 6.99. The van der Waals surface area contributed by atoms with Crippen molar-refractivity contribution in [1.29, 1.82) is 0 Å². The van der Waals surface area contributed by atoms with Gasteiger partial charge in [0.25, 0.3) is 8.32 Å². The Balaban J connectivity index is 1.63. The molecule has 0 aliphatic heterocycles. The number of carbonyl (C=O) groups is 1. The molecule has 0 saturated heterocycles. The van der Waals surface area contributed by atoms with Gasteiger partial charge < -0.3 is 33.8 Å². The first-order valence-corrected chi connectivity index (χ1v) is 23.4. The SMILES string of the molecule is CCCCN[C@H](CC(=O)OCC)[C@H](OCc1ccccc1)[C@@H](OCc1ccccc1)[C@H](OCc1ccccc1)[C@H](O)CO[Si](c1ccccc1)(c1ccccc1)C(C)(C)C. The Labute approximate surface area is 359 Å². The fraction of sp³-hybridized carbons (Fsp3) is 0.392. The smallest absolute Gasteiger partial charge is 0.307 e. The first-order valence-electron chi connectivity index (χ1n) is 21.4. The van der Waals surface area contributed by atoms with E-state index in [1.807, 2.05) is 110 Å². The van der Waals surface area contributed by atoms with Crippen LogP contribution in [-0.2, 0) is 48.0 Å². The van der Waals surface area contributed by atoms with Crippen molar-refractivity contribution in [2.24, 2.45) is 0 Å². The number of ether oxygens (including phenoxy) is 4. The molecule has 0 aliphatic carbocycles. The predicted molar refractivity (Wildman–Crippen MR) is 243 cm³/mol. The summed E-state index contributed by atoms with van der Waals surface area (Å²) >= 11 is 0. The molecule has 0 aromatic heterocycles. The third kappa shape index (κ3) is 13.3. The largest absolute Gasteiger partial charge is 0.466 e. The van der Waals surface area contributed by atoms with Gasteiger partial charge in [-0.3, -0.25) is 4.79 Å². The van der Waals surface area contributed by atoms with E-state index in [9.17, 15) is 9.90 Å². The van der Waals surface area contributed by atoms with E-state index in [1.54, 1.807) is 0 Å². The van der Waals surface area contributed by atoms with Crippen molar-refractivity contribution in [2.75, 3.05) is 19.8 Å². The minimum Gasteiger partial charge on any atom is -0.466 e. The van der Waals surface area contributed by atoms with Gasteiger partial charge in [-0.25, -0.2) is 0 Å². The van der Waals surface area contributed by atoms with Gasteiger partial charge in [0.15, 0.2) is 0 Å². The van der Waals surface area contributed by atoms with Crippen LogP contribution in [0.4, 0.5) is 0 Å². The van der Waals surface area contributed by atoms with Crippen molar-refractivity contribution in [1.82, 2.24) is 5.32 Å². The van der Waals surface area contributed by atoms with Gasteiger partial charge in [-0.15, -0.1) is 0 Å². The molecule has 0 saturated carbocycles. The first-order chi connectivity index (χ1) is 29.2. The summed E-state index contributed by atoms with van der Waals surface area (Å²) < 4.78 is 33.7. The summed E-state index contributed by atoms with van der Waals surface area (Å²) in [6.07, 6.45) is -1.93. The molecule has 5 aromatic rings. The summed E-state index contributed by atoms with van der Waals surface area (Å²) in [5, 5.41) is 18.3. The molecule has 0 spiro atoms. The van der Waals surface area contributed by atoms with Crippen molar-refractivity contribution in [2.45, 2.75) is 109 Å². The zero-order valence-electron chi connectivity index (χ0n) is 36.1. The van der Waals surface area contributed by atoms with E-state index in [2.05, 4.69) is 81.5 Å². The highest BCUT2D eigenvalue weighted by Crippen LogP contribution is 2.37. The zero-order valence-corrected chi connectivity index (χ0v) is 37.1. The number of nitrogens with one attached hydrogen (secondary N) is 1. The van der Waals surface area contributed by atoms with Crippen LogP contribution in [0.3, 0.4) is 0 Å². The number of unbranched alkanes of at least 4 members (excludes halogenated alkanes) is 1. The minimum absolute atomic E-state index is 0.0300. The monoisotopic (exact) mass is 831 g/mol. The Bertz CT molecular complexity index is 1870. The molecule has 0 heterocycles. The molecule has 0 radical (unpaired) electrons. The van der Waals surface area contributed by atoms with Crippen LogP contribution >= 0.6 is 0 Å². The number of carbonyl (C=O) groups excluding carboxylic acids is 1. The molecular weight excluding hydrogens is 767 g/mol. The molecule has 8 nitrogen and oxygen atoms in total. The van der Waals surface area contributed by atoms with Gasteiger partial charge in [0.2, 0.25) is 0 Å². The van der Waals surface area contributed by atoms with Crippen LogP contribution in [0.1, 0.15) is 70.6 Å². The second-order valence-corrected chi connectivity index (χ2v) is 20.6. The lowest BCUT2D eigenvalue weighted by Gasteiger charge is -2.44. The number of hydrogen-bond donors (Lipinski definition) is 2. The van der Waals surface area contributed by atoms with E-state index in [4.69, 9.17) is 23.4 Å². The fourth-order valence-corrected chi connectivity index (χ4v) is 12.4. The van der Waals surface area contributed by atoms with Crippen molar-refractivity contribution in [3.63, 3.8) is 0 Å². The number of aliphatic hydroxyl groups excluding tert-OH is 1. The number of esters is 1. The van der Waals surface area contributed by atoms with Crippen molar-refractivity contribution >= 4 is 24.7 Å². The summed E-state index contributed by atoms with van der Waals surface area (Å²) in [5.41, 5.74) is 2.85. The summed E-state index contributed by atoms with van der Waals surface area (Å²) in [5.74, 6) is -0.348. The Morgan fingerprint density at radius 3 is 1.45 bits per heavy atom. The van der Waals surface area contributed by atoms with Crippen LogP contribution in [-0.4, -0.2) is 69.6 Å². The third-order valence-corrected chi connectivity index (χ3v) is 15.8. The number of aliphatic hydroxyl groups is 1. The van der Waals surface area contributed by atoms with Crippen molar-refractivity contribution < 1.29 is 33.3 Å². The molecule has 0 aliphatic rings. The number of benzene rings is 5.